The molecule has 1 fully saturated rings. The summed E-state index contributed by atoms with van der Waals surface area (Å²) < 4.78 is 10.1. The average molecular weight is 265 g/mol. The number of nitrogens with one attached hydrogen (secondary N) is 1. The van der Waals surface area contributed by atoms with Crippen LogP contribution in [0.4, 0.5) is 4.79 Å². The normalized spacial score (nSPS) is 27.3. The summed E-state index contributed by atoms with van der Waals surface area (Å²) >= 11 is 0. The fourth-order valence-electron chi connectivity index (χ4n) is 2.96. The molecule has 1 aliphatic carbocycles. The number of ether oxygens (including phenoxy) is 1. The Morgan fingerprint density at radius 3 is 2.89 bits per heavy atom. The lowest BCUT2D eigenvalue weighted by molar-refractivity contribution is 0.145. The lowest BCUT2D eigenvalue weighted by Crippen LogP contribution is -2.46. The Labute approximate surface area is 114 Å². The highest BCUT2D eigenvalue weighted by Crippen LogP contribution is 2.33. The lowest BCUT2D eigenvalue weighted by atomic mass is 9.74. The van der Waals surface area contributed by atoms with Crippen molar-refractivity contribution >= 4 is 6.09 Å². The molecule has 3 atom stereocenters. The van der Waals surface area contributed by atoms with Gasteiger partial charge in [0.1, 0.15) is 0 Å². The van der Waals surface area contributed by atoms with Crippen molar-refractivity contribution < 1.29 is 13.9 Å². The molecule has 0 radical (unpaired) electrons. The number of amides is 1. The van der Waals surface area contributed by atoms with E-state index in [-0.39, 0.29) is 12.0 Å². The molecule has 1 saturated carbocycles. The van der Waals surface area contributed by atoms with Crippen LogP contribution in [0.5, 0.6) is 5.95 Å². The summed E-state index contributed by atoms with van der Waals surface area (Å²) in [5, 5.41) is 3.00. The third-order valence-corrected chi connectivity index (χ3v) is 4.01. The fourth-order valence-corrected chi connectivity index (χ4v) is 2.96. The molecule has 0 aliphatic heterocycles. The summed E-state index contributed by atoms with van der Waals surface area (Å²) in [5.41, 5.74) is 0. The molecule has 0 saturated heterocycles. The average Bonchev–Trinajstić information content (AvgIpc) is 2.81. The van der Waals surface area contributed by atoms with Gasteiger partial charge in [-0.15, -0.1) is 0 Å². The predicted molar refractivity (Wildman–Crippen MR) is 73.0 cm³/mol. The van der Waals surface area contributed by atoms with Gasteiger partial charge in [-0.25, -0.2) is 4.79 Å². The first-order valence-electron chi connectivity index (χ1n) is 7.08. The molecule has 0 unspecified atom stereocenters. The van der Waals surface area contributed by atoms with E-state index in [1.54, 1.807) is 12.1 Å². The van der Waals surface area contributed by atoms with Gasteiger partial charge >= 0.3 is 6.09 Å². The van der Waals surface area contributed by atoms with Crippen LogP contribution >= 0.6 is 0 Å². The topological polar surface area (TPSA) is 51.5 Å². The molecule has 19 heavy (non-hydrogen) atoms. The van der Waals surface area contributed by atoms with Crippen LogP contribution in [0.1, 0.15) is 40.0 Å². The molecule has 0 spiro atoms. The van der Waals surface area contributed by atoms with Gasteiger partial charge in [-0.1, -0.05) is 27.2 Å². The van der Waals surface area contributed by atoms with E-state index >= 15 is 0 Å². The highest BCUT2D eigenvalue weighted by atomic mass is 16.6. The van der Waals surface area contributed by atoms with Crippen molar-refractivity contribution in [2.45, 2.75) is 46.1 Å². The minimum atomic E-state index is -0.417. The molecule has 1 aromatic heterocycles. The highest BCUT2D eigenvalue weighted by molar-refractivity contribution is 5.70. The molecular formula is C15H23NO3. The Hall–Kier alpha value is -1.45. The van der Waals surface area contributed by atoms with E-state index in [0.717, 1.165) is 6.42 Å². The first kappa shape index (κ1) is 14.0. The summed E-state index contributed by atoms with van der Waals surface area (Å²) in [6.07, 6.45) is 4.51. The van der Waals surface area contributed by atoms with E-state index in [4.69, 9.17) is 9.15 Å². The molecule has 106 valence electrons. The Kier molecular flexibility index (Phi) is 4.51. The summed E-state index contributed by atoms with van der Waals surface area (Å²) in [7, 11) is 0. The van der Waals surface area contributed by atoms with E-state index in [9.17, 15) is 4.79 Å². The Balaban J connectivity index is 1.92. The third-order valence-electron chi connectivity index (χ3n) is 4.01. The number of carbonyl (C=O) groups excluding carboxylic acids is 1. The first-order valence-corrected chi connectivity index (χ1v) is 7.08. The van der Waals surface area contributed by atoms with Crippen LogP contribution < -0.4 is 10.1 Å². The van der Waals surface area contributed by atoms with Crippen molar-refractivity contribution in [1.82, 2.24) is 5.32 Å². The molecular weight excluding hydrogens is 242 g/mol. The van der Waals surface area contributed by atoms with Crippen molar-refractivity contribution in [3.8, 4) is 5.95 Å². The molecule has 1 amide bonds. The van der Waals surface area contributed by atoms with Crippen LogP contribution in [0.25, 0.3) is 0 Å². The van der Waals surface area contributed by atoms with Crippen LogP contribution in [0.2, 0.25) is 0 Å². The molecule has 2 rings (SSSR count). The zero-order valence-corrected chi connectivity index (χ0v) is 11.9. The van der Waals surface area contributed by atoms with Crippen LogP contribution in [0, 0.1) is 17.8 Å². The maximum absolute atomic E-state index is 11.9. The second-order valence-corrected chi connectivity index (χ2v) is 5.90. The molecule has 1 aromatic rings. The van der Waals surface area contributed by atoms with Crippen molar-refractivity contribution in [1.29, 1.82) is 0 Å². The van der Waals surface area contributed by atoms with Crippen molar-refractivity contribution in [2.24, 2.45) is 17.8 Å². The van der Waals surface area contributed by atoms with Crippen LogP contribution in [0.3, 0.4) is 0 Å². The van der Waals surface area contributed by atoms with Gasteiger partial charge in [0.15, 0.2) is 0 Å². The second kappa shape index (κ2) is 6.13. The van der Waals surface area contributed by atoms with Gasteiger partial charge in [-0.05, 0) is 36.7 Å². The minimum Gasteiger partial charge on any atom is -0.434 e. The van der Waals surface area contributed by atoms with Crippen LogP contribution in [0.15, 0.2) is 22.8 Å². The quantitative estimate of drug-likeness (QED) is 0.903. The van der Waals surface area contributed by atoms with Gasteiger partial charge in [0.05, 0.1) is 6.26 Å². The monoisotopic (exact) mass is 265 g/mol. The van der Waals surface area contributed by atoms with E-state index in [1.807, 2.05) is 0 Å². The summed E-state index contributed by atoms with van der Waals surface area (Å²) in [4.78, 5) is 11.9. The van der Waals surface area contributed by atoms with E-state index < -0.39 is 6.09 Å². The molecule has 0 aromatic carbocycles. The molecule has 4 heteroatoms. The second-order valence-electron chi connectivity index (χ2n) is 5.90. The van der Waals surface area contributed by atoms with Crippen molar-refractivity contribution in [3.05, 3.63) is 18.4 Å². The summed E-state index contributed by atoms with van der Waals surface area (Å²) in [6, 6.07) is 3.52. The molecule has 1 aliphatic rings. The first-order chi connectivity index (χ1) is 9.06. The molecule has 1 heterocycles. The van der Waals surface area contributed by atoms with Gasteiger partial charge in [0.2, 0.25) is 0 Å². The smallest absolute Gasteiger partial charge is 0.415 e. The Morgan fingerprint density at radius 1 is 1.47 bits per heavy atom. The summed E-state index contributed by atoms with van der Waals surface area (Å²) in [6.45, 7) is 6.67. The maximum Gasteiger partial charge on any atom is 0.415 e. The zero-order valence-electron chi connectivity index (χ0n) is 11.9. The molecule has 0 bridgehead atoms. The molecule has 1 N–H and O–H groups in total. The SMILES string of the molecule is CC(C)[C@H]1CC[C@H](C)C[C@H]1NC(=O)Oc1ccco1. The number of furan rings is 1. The summed E-state index contributed by atoms with van der Waals surface area (Å²) in [5.74, 6) is 1.99. The molecule has 4 nitrogen and oxygen atoms in total. The highest BCUT2D eigenvalue weighted by Gasteiger charge is 2.32. The van der Waals surface area contributed by atoms with E-state index in [2.05, 4.69) is 26.1 Å². The number of rotatable bonds is 3. The Morgan fingerprint density at radius 2 is 2.26 bits per heavy atom. The van der Waals surface area contributed by atoms with Crippen molar-refractivity contribution in [3.63, 3.8) is 0 Å². The van der Waals surface area contributed by atoms with E-state index in [0.29, 0.717) is 17.8 Å². The van der Waals surface area contributed by atoms with Gasteiger partial charge in [-0.3, -0.25) is 0 Å². The van der Waals surface area contributed by atoms with E-state index in [1.165, 1.54) is 19.1 Å². The number of carbonyl (C=O) groups is 1. The van der Waals surface area contributed by atoms with Gasteiger partial charge in [-0.2, -0.15) is 0 Å². The van der Waals surface area contributed by atoms with Gasteiger partial charge < -0.3 is 14.5 Å². The fraction of sp³-hybridized carbons (Fsp3) is 0.667. The standard InChI is InChI=1S/C15H23NO3/c1-10(2)12-7-6-11(3)9-13(12)16-15(17)19-14-5-4-8-18-14/h4-5,8,10-13H,6-7,9H2,1-3H3,(H,16,17)/t11-,12+,13+/m0/s1. The number of hydrogen-bond donors (Lipinski definition) is 1. The van der Waals surface area contributed by atoms with Crippen LogP contribution in [-0.2, 0) is 0 Å². The Bertz CT molecular complexity index is 400. The largest absolute Gasteiger partial charge is 0.434 e. The van der Waals surface area contributed by atoms with Gasteiger partial charge in [0.25, 0.3) is 5.95 Å². The lowest BCUT2D eigenvalue weighted by Gasteiger charge is -2.37. The minimum absolute atomic E-state index is 0.200. The number of hydrogen-bond acceptors (Lipinski definition) is 3. The third kappa shape index (κ3) is 3.75. The van der Waals surface area contributed by atoms with Crippen LogP contribution in [-0.4, -0.2) is 12.1 Å². The van der Waals surface area contributed by atoms with Gasteiger partial charge in [0, 0.05) is 12.1 Å². The van der Waals surface area contributed by atoms with Crippen molar-refractivity contribution in [2.75, 3.05) is 0 Å². The maximum atomic E-state index is 11.9. The zero-order chi connectivity index (χ0) is 13.8. The predicted octanol–water partition coefficient (Wildman–Crippen LogP) is 3.83.